The lowest BCUT2D eigenvalue weighted by Crippen LogP contribution is -2.27. The number of rotatable bonds is 6. The molecule has 1 aliphatic heterocycles. The summed E-state index contributed by atoms with van der Waals surface area (Å²) in [6.45, 7) is 6.68. The lowest BCUT2D eigenvalue weighted by atomic mass is 10.0. The van der Waals surface area contributed by atoms with Gasteiger partial charge in [-0.1, -0.05) is 25.1 Å². The average molecular weight is 364 g/mol. The van der Waals surface area contributed by atoms with E-state index >= 15 is 0 Å². The fourth-order valence-electron chi connectivity index (χ4n) is 3.15. The van der Waals surface area contributed by atoms with Gasteiger partial charge >= 0.3 is 0 Å². The molecule has 1 heterocycles. The standard InChI is InChI=1S/C22H24N2O3/c1-5-10-27-18-8-6-16(7-9-18)19-20(22(26)24(4)21(19)25)23-17-12-14(2)11-15(3)13-17/h6-9,11-13,23H,5,10H2,1-4H3. The van der Waals surface area contributed by atoms with Gasteiger partial charge in [0.05, 0.1) is 12.2 Å². The molecule has 0 bridgehead atoms. The van der Waals surface area contributed by atoms with E-state index in [1.54, 1.807) is 0 Å². The molecule has 3 rings (SSSR count). The molecule has 5 heteroatoms. The topological polar surface area (TPSA) is 58.6 Å². The van der Waals surface area contributed by atoms with Gasteiger partial charge in [-0.25, -0.2) is 0 Å². The van der Waals surface area contributed by atoms with Crippen molar-refractivity contribution in [1.82, 2.24) is 4.90 Å². The van der Waals surface area contributed by atoms with Gasteiger partial charge in [-0.2, -0.15) is 0 Å². The Labute approximate surface area is 159 Å². The van der Waals surface area contributed by atoms with Gasteiger partial charge < -0.3 is 10.1 Å². The molecular weight excluding hydrogens is 340 g/mol. The quantitative estimate of drug-likeness (QED) is 0.790. The van der Waals surface area contributed by atoms with Crippen LogP contribution in [0.5, 0.6) is 5.75 Å². The number of benzene rings is 2. The number of carbonyl (C=O) groups excluding carboxylic acids is 2. The molecule has 1 aliphatic rings. The van der Waals surface area contributed by atoms with Gasteiger partial charge in [0.2, 0.25) is 0 Å². The fourth-order valence-corrected chi connectivity index (χ4v) is 3.15. The molecule has 27 heavy (non-hydrogen) atoms. The monoisotopic (exact) mass is 364 g/mol. The summed E-state index contributed by atoms with van der Waals surface area (Å²) >= 11 is 0. The molecule has 2 aromatic rings. The molecule has 2 aromatic carbocycles. The zero-order chi connectivity index (χ0) is 19.6. The lowest BCUT2D eigenvalue weighted by Gasteiger charge is -2.11. The van der Waals surface area contributed by atoms with Gasteiger partial charge in [0.1, 0.15) is 11.4 Å². The minimum Gasteiger partial charge on any atom is -0.494 e. The van der Waals surface area contributed by atoms with Crippen molar-refractivity contribution in [2.75, 3.05) is 19.0 Å². The third kappa shape index (κ3) is 3.87. The van der Waals surface area contributed by atoms with Gasteiger partial charge in [0, 0.05) is 12.7 Å². The van der Waals surface area contributed by atoms with E-state index in [1.807, 2.05) is 57.2 Å². The SMILES string of the molecule is CCCOc1ccc(C2=C(Nc3cc(C)cc(C)c3)C(=O)N(C)C2=O)cc1. The van der Waals surface area contributed by atoms with Crippen molar-refractivity contribution in [3.63, 3.8) is 0 Å². The Morgan fingerprint density at radius 2 is 1.59 bits per heavy atom. The lowest BCUT2D eigenvalue weighted by molar-refractivity contribution is -0.135. The Kier molecular flexibility index (Phi) is 5.31. The van der Waals surface area contributed by atoms with E-state index in [0.717, 1.165) is 33.9 Å². The molecule has 140 valence electrons. The molecule has 0 saturated heterocycles. The number of amides is 2. The first-order chi connectivity index (χ1) is 12.9. The third-order valence-electron chi connectivity index (χ3n) is 4.39. The predicted octanol–water partition coefficient (Wildman–Crippen LogP) is 3.91. The van der Waals surface area contributed by atoms with Crippen molar-refractivity contribution in [3.05, 3.63) is 64.9 Å². The molecule has 0 aliphatic carbocycles. The maximum atomic E-state index is 12.7. The molecule has 0 radical (unpaired) electrons. The molecule has 5 nitrogen and oxygen atoms in total. The highest BCUT2D eigenvalue weighted by molar-refractivity contribution is 6.36. The molecule has 0 saturated carbocycles. The number of imide groups is 1. The van der Waals surface area contributed by atoms with Crippen LogP contribution in [0.4, 0.5) is 5.69 Å². The van der Waals surface area contributed by atoms with Crippen LogP contribution in [-0.4, -0.2) is 30.4 Å². The van der Waals surface area contributed by atoms with Gasteiger partial charge in [-0.05, 0) is 61.2 Å². The minimum absolute atomic E-state index is 0.301. The number of hydrogen-bond donors (Lipinski definition) is 1. The number of likely N-dealkylation sites (N-methyl/N-ethyl adjacent to an activating group) is 1. The summed E-state index contributed by atoms with van der Waals surface area (Å²) in [6, 6.07) is 13.2. The van der Waals surface area contributed by atoms with E-state index < -0.39 is 0 Å². The minimum atomic E-state index is -0.333. The summed E-state index contributed by atoms with van der Waals surface area (Å²) in [5, 5.41) is 3.17. The number of nitrogens with one attached hydrogen (secondary N) is 1. The molecule has 1 N–H and O–H groups in total. The molecule has 0 aromatic heterocycles. The molecule has 0 unspecified atom stereocenters. The van der Waals surface area contributed by atoms with Crippen LogP contribution >= 0.6 is 0 Å². The maximum absolute atomic E-state index is 12.7. The third-order valence-corrected chi connectivity index (χ3v) is 4.39. The van der Waals surface area contributed by atoms with Crippen LogP contribution in [0.1, 0.15) is 30.0 Å². The van der Waals surface area contributed by atoms with Crippen LogP contribution in [0.25, 0.3) is 5.57 Å². The predicted molar refractivity (Wildman–Crippen MR) is 106 cm³/mol. The van der Waals surface area contributed by atoms with Crippen molar-refractivity contribution in [2.45, 2.75) is 27.2 Å². The summed E-state index contributed by atoms with van der Waals surface area (Å²) < 4.78 is 5.60. The number of aryl methyl sites for hydroxylation is 2. The Morgan fingerprint density at radius 1 is 0.963 bits per heavy atom. The normalized spacial score (nSPS) is 14.1. The first kappa shape index (κ1) is 18.7. The average Bonchev–Trinajstić information content (AvgIpc) is 2.84. The molecule has 0 fully saturated rings. The van der Waals surface area contributed by atoms with E-state index in [2.05, 4.69) is 11.4 Å². The molecule has 0 atom stereocenters. The van der Waals surface area contributed by atoms with Gasteiger partial charge in [0.25, 0.3) is 11.8 Å². The highest BCUT2D eigenvalue weighted by Gasteiger charge is 2.36. The number of anilines is 1. The Morgan fingerprint density at radius 3 is 2.19 bits per heavy atom. The Bertz CT molecular complexity index is 893. The number of carbonyl (C=O) groups is 2. The highest BCUT2D eigenvalue weighted by atomic mass is 16.5. The molecule has 0 spiro atoms. The zero-order valence-corrected chi connectivity index (χ0v) is 16.1. The fraction of sp³-hybridized carbons (Fsp3) is 0.273. The first-order valence-corrected chi connectivity index (χ1v) is 9.06. The smallest absolute Gasteiger partial charge is 0.277 e. The highest BCUT2D eigenvalue weighted by Crippen LogP contribution is 2.31. The van der Waals surface area contributed by atoms with Crippen molar-refractivity contribution in [1.29, 1.82) is 0 Å². The van der Waals surface area contributed by atoms with Crippen LogP contribution in [-0.2, 0) is 9.59 Å². The van der Waals surface area contributed by atoms with E-state index in [0.29, 0.717) is 23.4 Å². The van der Waals surface area contributed by atoms with E-state index in [4.69, 9.17) is 4.74 Å². The second-order valence-electron chi connectivity index (χ2n) is 6.79. The maximum Gasteiger partial charge on any atom is 0.277 e. The van der Waals surface area contributed by atoms with Crippen molar-refractivity contribution in [2.24, 2.45) is 0 Å². The van der Waals surface area contributed by atoms with E-state index in [1.165, 1.54) is 7.05 Å². The van der Waals surface area contributed by atoms with Crippen LogP contribution in [0.3, 0.4) is 0 Å². The largest absolute Gasteiger partial charge is 0.494 e. The van der Waals surface area contributed by atoms with E-state index in [-0.39, 0.29) is 11.8 Å². The van der Waals surface area contributed by atoms with Crippen LogP contribution in [0.15, 0.2) is 48.2 Å². The van der Waals surface area contributed by atoms with E-state index in [9.17, 15) is 9.59 Å². The summed E-state index contributed by atoms with van der Waals surface area (Å²) in [5.74, 6) is 0.102. The van der Waals surface area contributed by atoms with Gasteiger partial charge in [-0.3, -0.25) is 14.5 Å². The second-order valence-corrected chi connectivity index (χ2v) is 6.79. The summed E-state index contributed by atoms with van der Waals surface area (Å²) in [6.07, 6.45) is 0.925. The first-order valence-electron chi connectivity index (χ1n) is 9.06. The number of nitrogens with zero attached hydrogens (tertiary/aromatic N) is 1. The Hall–Kier alpha value is -3.08. The summed E-state index contributed by atoms with van der Waals surface area (Å²) in [4.78, 5) is 26.5. The Balaban J connectivity index is 1.99. The number of hydrogen-bond acceptors (Lipinski definition) is 4. The summed E-state index contributed by atoms with van der Waals surface area (Å²) in [5.41, 5.74) is 4.33. The summed E-state index contributed by atoms with van der Waals surface area (Å²) in [7, 11) is 1.50. The zero-order valence-electron chi connectivity index (χ0n) is 16.1. The van der Waals surface area contributed by atoms with Crippen LogP contribution < -0.4 is 10.1 Å². The van der Waals surface area contributed by atoms with Gasteiger partial charge in [-0.15, -0.1) is 0 Å². The van der Waals surface area contributed by atoms with Crippen LogP contribution in [0.2, 0.25) is 0 Å². The van der Waals surface area contributed by atoms with Crippen LogP contribution in [0, 0.1) is 13.8 Å². The van der Waals surface area contributed by atoms with Gasteiger partial charge in [0.15, 0.2) is 0 Å². The molecule has 2 amide bonds. The van der Waals surface area contributed by atoms with Crippen molar-refractivity contribution in [3.8, 4) is 5.75 Å². The second kappa shape index (κ2) is 7.66. The molecular formula is C22H24N2O3. The van der Waals surface area contributed by atoms with Crippen molar-refractivity contribution < 1.29 is 14.3 Å². The number of ether oxygens (including phenoxy) is 1. The van der Waals surface area contributed by atoms with Crippen molar-refractivity contribution >= 4 is 23.1 Å².